The number of amides is 1. The average molecular weight is 407 g/mol. The molecule has 0 aliphatic carbocycles. The van der Waals surface area contributed by atoms with Crippen LogP contribution >= 0.6 is 11.8 Å². The first-order chi connectivity index (χ1) is 12.6. The average Bonchev–Trinajstić information content (AvgIpc) is 2.63. The van der Waals surface area contributed by atoms with Crippen molar-refractivity contribution in [1.29, 1.82) is 0 Å². The van der Waals surface area contributed by atoms with Crippen molar-refractivity contribution in [3.05, 3.63) is 59.2 Å². The zero-order valence-corrected chi connectivity index (χ0v) is 17.9. The first-order valence-corrected chi connectivity index (χ1v) is 11.3. The van der Waals surface area contributed by atoms with E-state index in [0.29, 0.717) is 0 Å². The van der Waals surface area contributed by atoms with Gasteiger partial charge in [-0.25, -0.2) is 8.42 Å². The van der Waals surface area contributed by atoms with Crippen LogP contribution in [0.5, 0.6) is 0 Å². The molecule has 0 aliphatic heterocycles. The highest BCUT2D eigenvalue weighted by Gasteiger charge is 2.23. The van der Waals surface area contributed by atoms with Gasteiger partial charge in [0.25, 0.3) is 0 Å². The summed E-state index contributed by atoms with van der Waals surface area (Å²) in [6.07, 6.45) is 1.93. The molecule has 1 N–H and O–H groups in total. The Bertz CT molecular complexity index is 909. The lowest BCUT2D eigenvalue weighted by molar-refractivity contribution is -0.121. The van der Waals surface area contributed by atoms with Gasteiger partial charge in [-0.2, -0.15) is 4.31 Å². The molecule has 0 fully saturated rings. The minimum absolute atomic E-state index is 0.179. The Morgan fingerprint density at radius 3 is 2.37 bits per heavy atom. The van der Waals surface area contributed by atoms with Gasteiger partial charge in [0.2, 0.25) is 15.9 Å². The van der Waals surface area contributed by atoms with Crippen LogP contribution in [0.3, 0.4) is 0 Å². The van der Waals surface area contributed by atoms with Crippen LogP contribution < -0.4 is 5.32 Å². The molecule has 0 aromatic heterocycles. The number of sulfonamides is 1. The molecule has 0 unspecified atom stereocenters. The van der Waals surface area contributed by atoms with E-state index in [9.17, 15) is 13.2 Å². The van der Waals surface area contributed by atoms with Crippen molar-refractivity contribution in [3.8, 4) is 0 Å². The third-order valence-corrected chi connectivity index (χ3v) is 6.97. The topological polar surface area (TPSA) is 66.5 Å². The van der Waals surface area contributed by atoms with E-state index in [4.69, 9.17) is 0 Å². The van der Waals surface area contributed by atoms with Gasteiger partial charge in [-0.3, -0.25) is 4.79 Å². The molecule has 1 atom stereocenters. The Kier molecular flexibility index (Phi) is 7.08. The molecule has 0 spiro atoms. The number of nitrogens with zero attached hydrogens (tertiary/aromatic N) is 1. The summed E-state index contributed by atoms with van der Waals surface area (Å²) in [5.74, 6) is -0.338. The lowest BCUT2D eigenvalue weighted by atomic mass is 10.00. The summed E-state index contributed by atoms with van der Waals surface area (Å²) in [5, 5.41) is 2.89. The monoisotopic (exact) mass is 406 g/mol. The van der Waals surface area contributed by atoms with Gasteiger partial charge in [-0.15, -0.1) is 11.8 Å². The maximum Gasteiger partial charge on any atom is 0.243 e. The fraction of sp³-hybridized carbons (Fsp3) is 0.350. The summed E-state index contributed by atoms with van der Waals surface area (Å²) in [4.78, 5) is 13.6. The largest absolute Gasteiger partial charge is 0.348 e. The van der Waals surface area contributed by atoms with E-state index < -0.39 is 10.0 Å². The number of benzene rings is 2. The van der Waals surface area contributed by atoms with Gasteiger partial charge >= 0.3 is 0 Å². The third kappa shape index (κ3) is 5.34. The summed E-state index contributed by atoms with van der Waals surface area (Å²) < 4.78 is 26.4. The van der Waals surface area contributed by atoms with Gasteiger partial charge < -0.3 is 5.32 Å². The Morgan fingerprint density at radius 1 is 1.15 bits per heavy atom. The van der Waals surface area contributed by atoms with Crippen LogP contribution in [0.2, 0.25) is 0 Å². The maximum absolute atomic E-state index is 12.7. The first-order valence-electron chi connectivity index (χ1n) is 8.62. The first kappa shape index (κ1) is 21.5. The van der Waals surface area contributed by atoms with Crippen molar-refractivity contribution < 1.29 is 13.2 Å². The van der Waals surface area contributed by atoms with Crippen LogP contribution in [0.15, 0.2) is 52.3 Å². The van der Waals surface area contributed by atoms with Crippen molar-refractivity contribution in [1.82, 2.24) is 9.62 Å². The molecular formula is C20H26N2O3S2. The standard InChI is InChI=1S/C20H26N2O3S2/c1-14-6-7-15(2)19(12-14)16(3)21-20(23)13-22(4)27(24,25)18-10-8-17(26-5)9-11-18/h6-12,16H,13H2,1-5H3,(H,21,23)/t16-/m0/s1. The van der Waals surface area contributed by atoms with E-state index in [1.165, 1.54) is 7.05 Å². The number of hydrogen-bond donors (Lipinski definition) is 1. The second kappa shape index (κ2) is 8.91. The molecule has 146 valence electrons. The lowest BCUT2D eigenvalue weighted by Gasteiger charge is -2.21. The lowest BCUT2D eigenvalue weighted by Crippen LogP contribution is -2.39. The van der Waals surface area contributed by atoms with Crippen LogP contribution in [-0.2, 0) is 14.8 Å². The van der Waals surface area contributed by atoms with Gasteiger partial charge in [0.15, 0.2) is 0 Å². The number of carbonyl (C=O) groups excluding carboxylic acids is 1. The van der Waals surface area contributed by atoms with Gasteiger partial charge in [0.05, 0.1) is 17.5 Å². The molecule has 0 radical (unpaired) electrons. The van der Waals surface area contributed by atoms with Crippen LogP contribution in [0.25, 0.3) is 0 Å². The van der Waals surface area contributed by atoms with E-state index >= 15 is 0 Å². The van der Waals surface area contributed by atoms with Crippen LogP contribution in [0.1, 0.15) is 29.7 Å². The SMILES string of the molecule is CSc1ccc(S(=O)(=O)N(C)CC(=O)N[C@@H](C)c2cc(C)ccc2C)cc1. The molecule has 1 amide bonds. The van der Waals surface area contributed by atoms with Crippen LogP contribution in [0, 0.1) is 13.8 Å². The number of thioether (sulfide) groups is 1. The molecule has 0 saturated heterocycles. The highest BCUT2D eigenvalue weighted by atomic mass is 32.2. The molecule has 2 aromatic carbocycles. The van der Waals surface area contributed by atoms with Crippen molar-refractivity contribution >= 4 is 27.7 Å². The molecular weight excluding hydrogens is 380 g/mol. The van der Waals surface area contributed by atoms with Crippen molar-refractivity contribution in [2.45, 2.75) is 36.6 Å². The fourth-order valence-corrected chi connectivity index (χ4v) is 4.34. The van der Waals surface area contributed by atoms with E-state index in [2.05, 4.69) is 5.32 Å². The Hall–Kier alpha value is -1.83. The third-order valence-electron chi connectivity index (χ3n) is 4.41. The van der Waals surface area contributed by atoms with E-state index in [1.54, 1.807) is 36.0 Å². The molecule has 27 heavy (non-hydrogen) atoms. The summed E-state index contributed by atoms with van der Waals surface area (Å²) in [6, 6.07) is 12.5. The summed E-state index contributed by atoms with van der Waals surface area (Å²) in [5.41, 5.74) is 3.23. The number of nitrogens with one attached hydrogen (secondary N) is 1. The van der Waals surface area contributed by atoms with Crippen LogP contribution in [-0.4, -0.2) is 38.5 Å². The summed E-state index contributed by atoms with van der Waals surface area (Å²) in [7, 11) is -2.29. The maximum atomic E-state index is 12.7. The smallest absolute Gasteiger partial charge is 0.243 e. The molecule has 7 heteroatoms. The molecule has 0 aliphatic rings. The van der Waals surface area contributed by atoms with Gasteiger partial charge in [0, 0.05) is 11.9 Å². The highest BCUT2D eigenvalue weighted by molar-refractivity contribution is 7.98. The molecule has 2 rings (SSSR count). The minimum atomic E-state index is -3.71. The zero-order chi connectivity index (χ0) is 20.2. The van der Waals surface area contributed by atoms with Crippen LogP contribution in [0.4, 0.5) is 0 Å². The molecule has 0 saturated carbocycles. The van der Waals surface area contributed by atoms with E-state index in [0.717, 1.165) is 25.9 Å². The molecule has 5 nitrogen and oxygen atoms in total. The normalized spacial score (nSPS) is 12.8. The number of rotatable bonds is 7. The predicted molar refractivity (Wildman–Crippen MR) is 111 cm³/mol. The predicted octanol–water partition coefficient (Wildman–Crippen LogP) is 3.52. The van der Waals surface area contributed by atoms with Crippen molar-refractivity contribution in [2.75, 3.05) is 19.8 Å². The second-order valence-electron chi connectivity index (χ2n) is 6.59. The number of likely N-dealkylation sites (N-methyl/N-ethyl adjacent to an activating group) is 1. The van der Waals surface area contributed by atoms with Crippen molar-refractivity contribution in [3.63, 3.8) is 0 Å². The summed E-state index contributed by atoms with van der Waals surface area (Å²) in [6.45, 7) is 5.66. The Balaban J connectivity index is 2.06. The van der Waals surface area contributed by atoms with E-state index in [1.807, 2.05) is 45.2 Å². The molecule has 0 bridgehead atoms. The minimum Gasteiger partial charge on any atom is -0.348 e. The number of carbonyl (C=O) groups is 1. The van der Waals surface area contributed by atoms with Crippen molar-refractivity contribution in [2.24, 2.45) is 0 Å². The molecule has 0 heterocycles. The Labute approximate surface area is 166 Å². The summed E-state index contributed by atoms with van der Waals surface area (Å²) >= 11 is 1.54. The van der Waals surface area contributed by atoms with Gasteiger partial charge in [0.1, 0.15) is 0 Å². The Morgan fingerprint density at radius 2 is 1.78 bits per heavy atom. The van der Waals surface area contributed by atoms with Gasteiger partial charge in [-0.1, -0.05) is 23.8 Å². The number of hydrogen-bond acceptors (Lipinski definition) is 4. The zero-order valence-electron chi connectivity index (χ0n) is 16.3. The molecule has 2 aromatic rings. The fourth-order valence-electron chi connectivity index (χ4n) is 2.81. The second-order valence-corrected chi connectivity index (χ2v) is 9.51. The van der Waals surface area contributed by atoms with Gasteiger partial charge in [-0.05, 0) is 62.4 Å². The number of aryl methyl sites for hydroxylation is 2. The highest BCUT2D eigenvalue weighted by Crippen LogP contribution is 2.21. The van der Waals surface area contributed by atoms with E-state index in [-0.39, 0.29) is 23.4 Å². The quantitative estimate of drug-likeness (QED) is 0.715.